The summed E-state index contributed by atoms with van der Waals surface area (Å²) in [5, 5.41) is 0. The molecule has 0 radical (unpaired) electrons. The van der Waals surface area contributed by atoms with Crippen molar-refractivity contribution >= 4 is 11.6 Å². The fourth-order valence-corrected chi connectivity index (χ4v) is 1.96. The van der Waals surface area contributed by atoms with E-state index in [1.807, 2.05) is 0 Å². The van der Waals surface area contributed by atoms with Gasteiger partial charge in [0.1, 0.15) is 5.75 Å². The Kier molecular flexibility index (Phi) is 2.54. The number of hydrogen-bond donors (Lipinski definition) is 0. The Balaban J connectivity index is 2.43. The molecule has 0 aliphatic carbocycles. The molecule has 1 heterocycles. The van der Waals surface area contributed by atoms with Gasteiger partial charge >= 0.3 is 6.18 Å². The Morgan fingerprint density at radius 1 is 1.27 bits per heavy atom. The van der Waals surface area contributed by atoms with Gasteiger partial charge in [-0.25, -0.2) is 0 Å². The summed E-state index contributed by atoms with van der Waals surface area (Å²) in [4.78, 5) is 0. The van der Waals surface area contributed by atoms with Crippen molar-refractivity contribution < 1.29 is 17.9 Å². The second kappa shape index (κ2) is 3.59. The van der Waals surface area contributed by atoms with E-state index in [4.69, 9.17) is 16.3 Å². The van der Waals surface area contributed by atoms with E-state index in [0.29, 0.717) is 0 Å². The first kappa shape index (κ1) is 10.6. The van der Waals surface area contributed by atoms with Crippen molar-refractivity contribution in [3.63, 3.8) is 0 Å². The fourth-order valence-electron chi connectivity index (χ4n) is 1.68. The number of benzene rings is 1. The van der Waals surface area contributed by atoms with Gasteiger partial charge in [0.2, 0.25) is 0 Å². The van der Waals surface area contributed by atoms with Crippen LogP contribution in [0.25, 0.3) is 0 Å². The SMILES string of the molecule is FC(F)(F)C1CC(Cl)Oc2ccccc21. The predicted octanol–water partition coefficient (Wildman–Crippen LogP) is 3.68. The molecule has 2 rings (SSSR count). The molecule has 0 N–H and O–H groups in total. The molecule has 1 aromatic carbocycles. The molecule has 5 heteroatoms. The standard InChI is InChI=1S/C10H8ClF3O/c11-9-5-7(10(12,13)14)6-3-1-2-4-8(6)15-9/h1-4,7,9H,5H2. The van der Waals surface area contributed by atoms with Gasteiger partial charge in [-0.3, -0.25) is 0 Å². The van der Waals surface area contributed by atoms with Gasteiger partial charge in [0.15, 0.2) is 5.56 Å². The lowest BCUT2D eigenvalue weighted by atomic mass is 9.92. The van der Waals surface area contributed by atoms with Gasteiger partial charge in [0, 0.05) is 12.0 Å². The average Bonchev–Trinajstić information content (AvgIpc) is 2.15. The summed E-state index contributed by atoms with van der Waals surface area (Å²) in [6.07, 6.45) is -4.50. The number of hydrogen-bond acceptors (Lipinski definition) is 1. The normalized spacial score (nSPS) is 25.6. The maximum Gasteiger partial charge on any atom is 0.396 e. The maximum absolute atomic E-state index is 12.7. The molecular formula is C10H8ClF3O. The molecule has 0 amide bonds. The van der Waals surface area contributed by atoms with Crippen LogP contribution in [0.3, 0.4) is 0 Å². The van der Waals surface area contributed by atoms with Gasteiger partial charge in [0.25, 0.3) is 0 Å². The van der Waals surface area contributed by atoms with Crippen LogP contribution in [0.4, 0.5) is 13.2 Å². The van der Waals surface area contributed by atoms with Gasteiger partial charge in [-0.15, -0.1) is 0 Å². The lowest BCUT2D eigenvalue weighted by Crippen LogP contribution is -2.30. The third-order valence-corrected chi connectivity index (χ3v) is 2.63. The first-order valence-corrected chi connectivity index (χ1v) is 4.88. The van der Waals surface area contributed by atoms with E-state index < -0.39 is 17.7 Å². The molecule has 0 saturated heterocycles. The topological polar surface area (TPSA) is 9.23 Å². The largest absolute Gasteiger partial charge is 0.474 e. The van der Waals surface area contributed by atoms with Crippen LogP contribution in [-0.4, -0.2) is 11.7 Å². The molecule has 0 aromatic heterocycles. The van der Waals surface area contributed by atoms with Crippen LogP contribution >= 0.6 is 11.6 Å². The first-order chi connectivity index (χ1) is 6.98. The highest BCUT2D eigenvalue weighted by atomic mass is 35.5. The minimum Gasteiger partial charge on any atom is -0.474 e. The van der Waals surface area contributed by atoms with Crippen molar-refractivity contribution in [3.8, 4) is 5.75 Å². The third kappa shape index (κ3) is 2.04. The number of para-hydroxylation sites is 1. The summed E-state index contributed by atoms with van der Waals surface area (Å²) in [7, 11) is 0. The van der Waals surface area contributed by atoms with Crippen molar-refractivity contribution in [1.82, 2.24) is 0 Å². The third-order valence-electron chi connectivity index (χ3n) is 2.37. The molecule has 2 unspecified atom stereocenters. The number of fused-ring (bicyclic) bond motifs is 1. The van der Waals surface area contributed by atoms with E-state index in [-0.39, 0.29) is 17.7 Å². The predicted molar refractivity (Wildman–Crippen MR) is 50.1 cm³/mol. The zero-order valence-corrected chi connectivity index (χ0v) is 8.35. The van der Waals surface area contributed by atoms with Crippen LogP contribution in [-0.2, 0) is 0 Å². The summed E-state index contributed by atoms with van der Waals surface area (Å²) in [5.74, 6) is -1.30. The van der Waals surface area contributed by atoms with Gasteiger partial charge in [0.05, 0.1) is 5.92 Å². The number of ether oxygens (including phenoxy) is 1. The van der Waals surface area contributed by atoms with E-state index in [0.717, 1.165) is 0 Å². The van der Waals surface area contributed by atoms with Crippen molar-refractivity contribution in [2.75, 3.05) is 0 Å². The van der Waals surface area contributed by atoms with Crippen LogP contribution in [0, 0.1) is 0 Å². The molecule has 0 bridgehead atoms. The molecule has 2 atom stereocenters. The first-order valence-electron chi connectivity index (χ1n) is 4.45. The van der Waals surface area contributed by atoms with E-state index in [2.05, 4.69) is 0 Å². The summed E-state index contributed by atoms with van der Waals surface area (Å²) >= 11 is 5.62. The van der Waals surface area contributed by atoms with Crippen molar-refractivity contribution in [2.45, 2.75) is 24.1 Å². The Hall–Kier alpha value is -0.900. The molecule has 1 aliphatic rings. The van der Waals surface area contributed by atoms with Gasteiger partial charge in [-0.05, 0) is 6.07 Å². The van der Waals surface area contributed by atoms with Crippen molar-refractivity contribution in [3.05, 3.63) is 29.8 Å². The van der Waals surface area contributed by atoms with Crippen LogP contribution in [0.1, 0.15) is 17.9 Å². The second-order valence-electron chi connectivity index (χ2n) is 3.40. The molecule has 15 heavy (non-hydrogen) atoms. The number of halogens is 4. The number of alkyl halides is 4. The highest BCUT2D eigenvalue weighted by molar-refractivity contribution is 6.20. The second-order valence-corrected chi connectivity index (χ2v) is 3.88. The van der Waals surface area contributed by atoms with Crippen molar-refractivity contribution in [2.24, 2.45) is 0 Å². The molecule has 1 aliphatic heterocycles. The van der Waals surface area contributed by atoms with E-state index >= 15 is 0 Å². The highest BCUT2D eigenvalue weighted by Gasteiger charge is 2.45. The molecule has 0 fully saturated rings. The summed E-state index contributed by atoms with van der Waals surface area (Å²) < 4.78 is 43.2. The van der Waals surface area contributed by atoms with Crippen LogP contribution in [0.15, 0.2) is 24.3 Å². The highest BCUT2D eigenvalue weighted by Crippen LogP contribution is 2.46. The van der Waals surface area contributed by atoms with Crippen LogP contribution in [0.2, 0.25) is 0 Å². The smallest absolute Gasteiger partial charge is 0.396 e. The van der Waals surface area contributed by atoms with Gasteiger partial charge in [-0.2, -0.15) is 13.2 Å². The van der Waals surface area contributed by atoms with Crippen LogP contribution in [0.5, 0.6) is 5.75 Å². The summed E-state index contributed by atoms with van der Waals surface area (Å²) in [6.45, 7) is 0. The Morgan fingerprint density at radius 2 is 1.93 bits per heavy atom. The Morgan fingerprint density at radius 3 is 2.60 bits per heavy atom. The van der Waals surface area contributed by atoms with E-state index in [1.54, 1.807) is 12.1 Å². The minimum absolute atomic E-state index is 0.168. The van der Waals surface area contributed by atoms with Gasteiger partial charge in [-0.1, -0.05) is 29.8 Å². The summed E-state index contributed by atoms with van der Waals surface area (Å²) in [5.41, 5.74) is -0.742. The Bertz CT molecular complexity index is 364. The quantitative estimate of drug-likeness (QED) is 0.625. The Labute approximate surface area is 89.8 Å². The monoisotopic (exact) mass is 236 g/mol. The molecule has 1 aromatic rings. The van der Waals surface area contributed by atoms with Crippen LogP contribution < -0.4 is 4.74 Å². The molecule has 0 spiro atoms. The zero-order chi connectivity index (χ0) is 11.1. The molecule has 0 saturated carbocycles. The van der Waals surface area contributed by atoms with E-state index in [9.17, 15) is 13.2 Å². The molecule has 82 valence electrons. The lowest BCUT2D eigenvalue weighted by Gasteiger charge is -2.30. The average molecular weight is 237 g/mol. The fraction of sp³-hybridized carbons (Fsp3) is 0.400. The van der Waals surface area contributed by atoms with Crippen molar-refractivity contribution in [1.29, 1.82) is 0 Å². The maximum atomic E-state index is 12.7. The molecule has 1 nitrogen and oxygen atoms in total. The minimum atomic E-state index is -4.27. The van der Waals surface area contributed by atoms with Gasteiger partial charge < -0.3 is 4.74 Å². The van der Waals surface area contributed by atoms with E-state index in [1.165, 1.54) is 12.1 Å². The number of rotatable bonds is 0. The molecular weight excluding hydrogens is 229 g/mol. The lowest BCUT2D eigenvalue weighted by molar-refractivity contribution is -0.157. The summed E-state index contributed by atoms with van der Waals surface area (Å²) in [6, 6.07) is 6.12. The zero-order valence-electron chi connectivity index (χ0n) is 7.59.